The molecule has 4 rings (SSSR count). The first-order chi connectivity index (χ1) is 12.5. The van der Waals surface area contributed by atoms with Crippen molar-refractivity contribution in [2.75, 3.05) is 13.1 Å². The Bertz CT molecular complexity index is 830. The minimum absolute atomic E-state index is 0.265. The van der Waals surface area contributed by atoms with Gasteiger partial charge in [0.25, 0.3) is 0 Å². The van der Waals surface area contributed by atoms with Crippen LogP contribution < -0.4 is 0 Å². The number of aromatic nitrogens is 4. The molecular formula is C20H29N5O. The number of carbonyl (C=O) groups is 1. The number of amides is 1. The summed E-state index contributed by atoms with van der Waals surface area (Å²) in [6.07, 6.45) is 6.90. The molecule has 0 bridgehead atoms. The zero-order valence-corrected chi connectivity index (χ0v) is 16.3. The molecule has 1 unspecified atom stereocenters. The van der Waals surface area contributed by atoms with Gasteiger partial charge < -0.3 is 9.47 Å². The Morgan fingerprint density at radius 2 is 2.00 bits per heavy atom. The van der Waals surface area contributed by atoms with E-state index in [1.165, 1.54) is 29.9 Å². The maximum absolute atomic E-state index is 12.8. The van der Waals surface area contributed by atoms with Gasteiger partial charge in [-0.25, -0.2) is 4.98 Å². The number of aryl methyl sites for hydroxylation is 3. The van der Waals surface area contributed by atoms with E-state index in [1.807, 2.05) is 29.7 Å². The van der Waals surface area contributed by atoms with Crippen LogP contribution in [0.3, 0.4) is 0 Å². The summed E-state index contributed by atoms with van der Waals surface area (Å²) < 4.78 is 4.31. The molecule has 2 fully saturated rings. The molecule has 2 aliphatic rings. The number of imidazole rings is 1. The van der Waals surface area contributed by atoms with E-state index in [0.29, 0.717) is 18.4 Å². The predicted octanol–water partition coefficient (Wildman–Crippen LogP) is 2.83. The van der Waals surface area contributed by atoms with Crippen LogP contribution in [0.15, 0.2) is 6.20 Å². The topological polar surface area (TPSA) is 56.0 Å². The highest BCUT2D eigenvalue weighted by atomic mass is 16.2. The first-order valence-electron chi connectivity index (χ1n) is 9.76. The number of hydrogen-bond acceptors (Lipinski definition) is 3. The number of hydrogen-bond donors (Lipinski definition) is 0. The van der Waals surface area contributed by atoms with E-state index in [1.54, 1.807) is 0 Å². The molecule has 0 N–H and O–H groups in total. The van der Waals surface area contributed by atoms with Gasteiger partial charge in [-0.2, -0.15) is 5.10 Å². The van der Waals surface area contributed by atoms with Gasteiger partial charge in [0.2, 0.25) is 5.91 Å². The van der Waals surface area contributed by atoms with E-state index < -0.39 is 0 Å². The summed E-state index contributed by atoms with van der Waals surface area (Å²) in [5, 5.41) is 4.46. The molecule has 2 aromatic rings. The molecule has 2 aromatic heterocycles. The van der Waals surface area contributed by atoms with Gasteiger partial charge >= 0.3 is 0 Å². The van der Waals surface area contributed by atoms with Crippen molar-refractivity contribution in [3.05, 3.63) is 34.7 Å². The van der Waals surface area contributed by atoms with Gasteiger partial charge in [-0.1, -0.05) is 0 Å². The van der Waals surface area contributed by atoms with Gasteiger partial charge in [0, 0.05) is 50.1 Å². The Labute approximate surface area is 155 Å². The van der Waals surface area contributed by atoms with Crippen LogP contribution in [0, 0.1) is 20.8 Å². The number of nitrogens with zero attached hydrogens (tertiary/aromatic N) is 5. The quantitative estimate of drug-likeness (QED) is 0.829. The average Bonchev–Trinajstić information content (AvgIpc) is 3.12. The van der Waals surface area contributed by atoms with Gasteiger partial charge in [0.05, 0.1) is 11.7 Å². The van der Waals surface area contributed by atoms with E-state index in [2.05, 4.69) is 28.5 Å². The number of rotatable bonds is 5. The normalized spacial score (nSPS) is 20.2. The van der Waals surface area contributed by atoms with Crippen molar-refractivity contribution in [1.29, 1.82) is 0 Å². The van der Waals surface area contributed by atoms with Gasteiger partial charge in [-0.15, -0.1) is 0 Å². The lowest BCUT2D eigenvalue weighted by molar-refractivity contribution is -0.130. The van der Waals surface area contributed by atoms with Crippen LogP contribution in [0.5, 0.6) is 0 Å². The Balaban J connectivity index is 1.39. The maximum Gasteiger partial charge on any atom is 0.222 e. The summed E-state index contributed by atoms with van der Waals surface area (Å²) in [7, 11) is 1.96. The van der Waals surface area contributed by atoms with Crippen LogP contribution in [0.1, 0.15) is 66.1 Å². The Kier molecular flexibility index (Phi) is 4.37. The van der Waals surface area contributed by atoms with Crippen molar-refractivity contribution in [3.8, 4) is 0 Å². The van der Waals surface area contributed by atoms with Crippen LogP contribution in [0.4, 0.5) is 0 Å². The first-order valence-corrected chi connectivity index (χ1v) is 9.76. The van der Waals surface area contributed by atoms with Crippen LogP contribution in [-0.4, -0.2) is 43.2 Å². The highest BCUT2D eigenvalue weighted by Gasteiger charge is 2.34. The molecule has 1 aliphatic carbocycles. The largest absolute Gasteiger partial charge is 0.341 e. The van der Waals surface area contributed by atoms with Gasteiger partial charge in [0.1, 0.15) is 5.82 Å². The van der Waals surface area contributed by atoms with Crippen molar-refractivity contribution in [2.24, 2.45) is 7.05 Å². The highest BCUT2D eigenvalue weighted by molar-refractivity contribution is 5.76. The molecule has 6 nitrogen and oxygen atoms in total. The molecule has 6 heteroatoms. The fourth-order valence-corrected chi connectivity index (χ4v) is 4.33. The lowest BCUT2D eigenvalue weighted by Crippen LogP contribution is -2.29. The van der Waals surface area contributed by atoms with Crippen molar-refractivity contribution in [3.63, 3.8) is 0 Å². The van der Waals surface area contributed by atoms with Crippen LogP contribution in [0.25, 0.3) is 0 Å². The zero-order chi connectivity index (χ0) is 18.4. The van der Waals surface area contributed by atoms with E-state index in [9.17, 15) is 4.79 Å². The van der Waals surface area contributed by atoms with Gasteiger partial charge in [0.15, 0.2) is 0 Å². The summed E-state index contributed by atoms with van der Waals surface area (Å²) in [4.78, 5) is 19.4. The third-order valence-electron chi connectivity index (χ3n) is 6.08. The van der Waals surface area contributed by atoms with E-state index in [-0.39, 0.29) is 5.91 Å². The number of likely N-dealkylation sites (tertiary alicyclic amines) is 1. The summed E-state index contributed by atoms with van der Waals surface area (Å²) >= 11 is 0. The summed E-state index contributed by atoms with van der Waals surface area (Å²) in [6.45, 7) is 7.92. The van der Waals surface area contributed by atoms with Crippen molar-refractivity contribution < 1.29 is 4.79 Å². The third-order valence-corrected chi connectivity index (χ3v) is 6.08. The minimum atomic E-state index is 0.265. The third kappa shape index (κ3) is 3.06. The lowest BCUT2D eigenvalue weighted by Gasteiger charge is -2.20. The van der Waals surface area contributed by atoms with Gasteiger partial charge in [-0.05, 0) is 52.0 Å². The summed E-state index contributed by atoms with van der Waals surface area (Å²) in [6, 6.07) is 0.388. The van der Waals surface area contributed by atoms with Gasteiger partial charge in [-0.3, -0.25) is 9.48 Å². The first kappa shape index (κ1) is 17.3. The van der Waals surface area contributed by atoms with Crippen molar-refractivity contribution in [2.45, 2.75) is 64.8 Å². The Morgan fingerprint density at radius 3 is 2.65 bits per heavy atom. The predicted molar refractivity (Wildman–Crippen MR) is 100 cm³/mol. The van der Waals surface area contributed by atoms with Crippen LogP contribution in [0.2, 0.25) is 0 Å². The Hall–Kier alpha value is -2.11. The molecule has 26 heavy (non-hydrogen) atoms. The highest BCUT2D eigenvalue weighted by Crippen LogP contribution is 2.41. The standard InChI is InChI=1S/C20H29N5O/c1-13-11-21-20(16-5-6-16)25(13)17-9-10-24(12-17)19(26)8-7-18-14(2)22-23(4)15(18)3/h11,16-17H,5-10,12H2,1-4H3. The molecule has 3 heterocycles. The molecule has 0 aromatic carbocycles. The monoisotopic (exact) mass is 355 g/mol. The van der Waals surface area contributed by atoms with Crippen LogP contribution >= 0.6 is 0 Å². The lowest BCUT2D eigenvalue weighted by atomic mass is 10.1. The van der Waals surface area contributed by atoms with Crippen molar-refractivity contribution in [1.82, 2.24) is 24.2 Å². The van der Waals surface area contributed by atoms with Crippen molar-refractivity contribution >= 4 is 5.91 Å². The summed E-state index contributed by atoms with van der Waals surface area (Å²) in [5.41, 5.74) is 4.66. The molecule has 0 radical (unpaired) electrons. The molecule has 0 spiro atoms. The molecule has 1 saturated heterocycles. The van der Waals surface area contributed by atoms with E-state index in [4.69, 9.17) is 0 Å². The van der Waals surface area contributed by atoms with Crippen LogP contribution in [-0.2, 0) is 18.3 Å². The smallest absolute Gasteiger partial charge is 0.222 e. The number of carbonyl (C=O) groups excluding carboxylic acids is 1. The molecule has 1 aliphatic heterocycles. The second kappa shape index (κ2) is 6.56. The molecule has 140 valence electrons. The Morgan fingerprint density at radius 1 is 1.23 bits per heavy atom. The summed E-state index contributed by atoms with van der Waals surface area (Å²) in [5.74, 6) is 2.15. The fraction of sp³-hybridized carbons (Fsp3) is 0.650. The zero-order valence-electron chi connectivity index (χ0n) is 16.3. The maximum atomic E-state index is 12.8. The van der Waals surface area contributed by atoms with E-state index >= 15 is 0 Å². The SMILES string of the molecule is Cc1nn(C)c(C)c1CCC(=O)N1CCC(n2c(C)cnc2C2CC2)C1. The molecular weight excluding hydrogens is 326 g/mol. The molecule has 1 atom stereocenters. The minimum Gasteiger partial charge on any atom is -0.341 e. The molecule has 1 saturated carbocycles. The second-order valence-electron chi connectivity index (χ2n) is 7.96. The fourth-order valence-electron chi connectivity index (χ4n) is 4.33. The second-order valence-corrected chi connectivity index (χ2v) is 7.96. The molecule has 1 amide bonds. The average molecular weight is 355 g/mol. The van der Waals surface area contributed by atoms with E-state index in [0.717, 1.165) is 37.3 Å².